The number of guanidine groups is 1. The molecule has 0 radical (unpaired) electrons. The van der Waals surface area contributed by atoms with Crippen LogP contribution in [0.1, 0.15) is 79.1 Å². The van der Waals surface area contributed by atoms with Crippen molar-refractivity contribution >= 4 is 12.8 Å². The molecular formula is C23H42BN3. The Kier molecular flexibility index (Phi) is 5.55. The second-order valence-electron chi connectivity index (χ2n) is 11.1. The van der Waals surface area contributed by atoms with Crippen molar-refractivity contribution in [3.05, 3.63) is 0 Å². The third-order valence-electron chi connectivity index (χ3n) is 8.35. The fourth-order valence-electron chi connectivity index (χ4n) is 7.51. The molecule has 0 aromatic carbocycles. The summed E-state index contributed by atoms with van der Waals surface area (Å²) >= 11 is 0. The lowest BCUT2D eigenvalue weighted by Gasteiger charge is -2.47. The Morgan fingerprint density at radius 2 is 1.33 bits per heavy atom. The number of aliphatic imine (C=N–C) groups is 1. The van der Waals surface area contributed by atoms with E-state index in [0.29, 0.717) is 12.1 Å². The molecule has 152 valence electrons. The maximum absolute atomic E-state index is 5.15. The molecule has 4 aliphatic rings. The Balaban J connectivity index is 1.70. The van der Waals surface area contributed by atoms with Crippen molar-refractivity contribution < 1.29 is 0 Å². The van der Waals surface area contributed by atoms with Crippen molar-refractivity contribution in [2.75, 3.05) is 14.1 Å². The van der Waals surface area contributed by atoms with Crippen LogP contribution >= 0.6 is 0 Å². The third-order valence-corrected chi connectivity index (χ3v) is 8.35. The number of hydrogen-bond acceptors (Lipinski definition) is 1. The van der Waals surface area contributed by atoms with E-state index >= 15 is 0 Å². The lowest BCUT2D eigenvalue weighted by molar-refractivity contribution is 0.369. The average molecular weight is 371 g/mol. The molecule has 0 heterocycles. The predicted molar refractivity (Wildman–Crippen MR) is 117 cm³/mol. The molecular weight excluding hydrogens is 329 g/mol. The molecule has 4 fully saturated rings. The van der Waals surface area contributed by atoms with Gasteiger partial charge in [-0.15, -0.1) is 0 Å². The van der Waals surface area contributed by atoms with Gasteiger partial charge in [0.2, 0.25) is 0 Å². The lowest BCUT2D eigenvalue weighted by atomic mass is 9.36. The molecule has 0 N–H and O–H groups in total. The third kappa shape index (κ3) is 3.67. The van der Waals surface area contributed by atoms with Crippen LogP contribution in [0.3, 0.4) is 0 Å². The van der Waals surface area contributed by atoms with E-state index in [2.05, 4.69) is 51.5 Å². The summed E-state index contributed by atoms with van der Waals surface area (Å²) in [5.74, 6) is 7.10. The molecule has 4 bridgehead atoms. The van der Waals surface area contributed by atoms with E-state index in [-0.39, 0.29) is 0 Å². The van der Waals surface area contributed by atoms with E-state index < -0.39 is 0 Å². The molecule has 0 spiro atoms. The van der Waals surface area contributed by atoms with Gasteiger partial charge in [0.1, 0.15) is 0 Å². The van der Waals surface area contributed by atoms with Gasteiger partial charge in [-0.2, -0.15) is 0 Å². The summed E-state index contributed by atoms with van der Waals surface area (Å²) in [5.41, 5.74) is 0. The number of rotatable bonds is 5. The molecule has 3 nitrogen and oxygen atoms in total. The van der Waals surface area contributed by atoms with E-state index in [4.69, 9.17) is 4.99 Å². The first-order chi connectivity index (χ1) is 12.8. The first-order valence-electron chi connectivity index (χ1n) is 11.9. The molecule has 4 heteroatoms. The van der Waals surface area contributed by atoms with Crippen LogP contribution in [0.15, 0.2) is 4.99 Å². The summed E-state index contributed by atoms with van der Waals surface area (Å²) in [4.78, 5) is 10.3. The fourth-order valence-corrected chi connectivity index (χ4v) is 7.51. The zero-order valence-corrected chi connectivity index (χ0v) is 18.7. The SMILES string of the molecule is CC(C)N=C(N(C)C)N(B([C@@H]1C[C@H]2CC[C@@H]1C2)[C@@H]1C[C@H]2CC[C@@H]1C2)C(C)C. The van der Waals surface area contributed by atoms with Crippen LogP contribution in [0, 0.1) is 23.7 Å². The smallest absolute Gasteiger partial charge is 0.265 e. The van der Waals surface area contributed by atoms with Gasteiger partial charge in [-0.05, 0) is 75.8 Å². The van der Waals surface area contributed by atoms with Gasteiger partial charge in [-0.3, -0.25) is 4.99 Å². The van der Waals surface area contributed by atoms with Crippen molar-refractivity contribution in [2.45, 2.75) is 103 Å². The molecule has 4 aliphatic carbocycles. The number of hydrogen-bond donors (Lipinski definition) is 0. The summed E-state index contributed by atoms with van der Waals surface area (Å²) in [6, 6.07) is 0.873. The van der Waals surface area contributed by atoms with Crippen LogP contribution in [-0.2, 0) is 0 Å². The van der Waals surface area contributed by atoms with Crippen LogP contribution in [0.5, 0.6) is 0 Å². The Bertz CT molecular complexity index is 530. The van der Waals surface area contributed by atoms with Gasteiger partial charge in [0.25, 0.3) is 6.85 Å². The predicted octanol–water partition coefficient (Wildman–Crippen LogP) is 5.39. The topological polar surface area (TPSA) is 18.8 Å². The highest BCUT2D eigenvalue weighted by Crippen LogP contribution is 2.60. The largest absolute Gasteiger partial charge is 0.384 e. The average Bonchev–Trinajstić information content (AvgIpc) is 3.37. The Morgan fingerprint density at radius 1 is 0.815 bits per heavy atom. The van der Waals surface area contributed by atoms with Gasteiger partial charge in [0.15, 0.2) is 5.96 Å². The highest BCUT2D eigenvalue weighted by molar-refractivity contribution is 6.62. The van der Waals surface area contributed by atoms with E-state index in [1.807, 2.05) is 0 Å². The van der Waals surface area contributed by atoms with E-state index in [1.165, 1.54) is 57.3 Å². The first kappa shape index (κ1) is 19.6. The van der Waals surface area contributed by atoms with E-state index in [9.17, 15) is 0 Å². The standard InChI is InChI=1S/C23H42BN3/c1-15(2)25-23(26(5)6)27(16(3)4)24(21-13-17-7-9-19(21)11-17)22-14-18-8-10-20(22)12-18/h15-22H,7-14H2,1-6H3/t17-,18-,19+,20+,21+,22+/m0/s1. The van der Waals surface area contributed by atoms with Gasteiger partial charge in [0, 0.05) is 26.2 Å². The second-order valence-corrected chi connectivity index (χ2v) is 11.1. The Hall–Kier alpha value is -0.665. The van der Waals surface area contributed by atoms with E-state index in [0.717, 1.165) is 42.2 Å². The zero-order valence-electron chi connectivity index (χ0n) is 18.7. The van der Waals surface area contributed by atoms with Crippen LogP contribution in [-0.4, -0.2) is 48.7 Å². The van der Waals surface area contributed by atoms with Gasteiger partial charge in [0.05, 0.1) is 0 Å². The maximum atomic E-state index is 5.15. The summed E-state index contributed by atoms with van der Waals surface area (Å²) < 4.78 is 0. The van der Waals surface area contributed by atoms with Crippen LogP contribution < -0.4 is 0 Å². The van der Waals surface area contributed by atoms with Crippen molar-refractivity contribution in [3.63, 3.8) is 0 Å². The van der Waals surface area contributed by atoms with Crippen molar-refractivity contribution in [1.29, 1.82) is 0 Å². The van der Waals surface area contributed by atoms with Crippen molar-refractivity contribution in [3.8, 4) is 0 Å². The Morgan fingerprint density at radius 3 is 1.63 bits per heavy atom. The summed E-state index contributed by atoms with van der Waals surface area (Å²) in [6.45, 7) is 9.99. The molecule has 0 aromatic heterocycles. The van der Waals surface area contributed by atoms with Crippen LogP contribution in [0.4, 0.5) is 0 Å². The summed E-state index contributed by atoms with van der Waals surface area (Å²) in [6.07, 6.45) is 12.0. The number of nitrogens with zero attached hydrogens (tertiary/aromatic N) is 3. The molecule has 27 heavy (non-hydrogen) atoms. The molecule has 6 atom stereocenters. The molecule has 4 saturated carbocycles. The normalized spacial score (nSPS) is 37.7. The minimum atomic E-state index is 0.351. The quantitative estimate of drug-likeness (QED) is 0.366. The van der Waals surface area contributed by atoms with E-state index in [1.54, 1.807) is 0 Å². The second kappa shape index (κ2) is 7.63. The fraction of sp³-hybridized carbons (Fsp3) is 0.957. The number of fused-ring (bicyclic) bond motifs is 4. The summed E-state index contributed by atoms with van der Waals surface area (Å²) in [7, 11) is 4.41. The minimum Gasteiger partial charge on any atom is -0.384 e. The first-order valence-corrected chi connectivity index (χ1v) is 11.9. The van der Waals surface area contributed by atoms with Crippen molar-refractivity contribution in [1.82, 2.24) is 9.71 Å². The van der Waals surface area contributed by atoms with Gasteiger partial charge in [-0.1, -0.05) is 38.5 Å². The molecule has 0 saturated heterocycles. The zero-order chi connectivity index (χ0) is 19.3. The monoisotopic (exact) mass is 371 g/mol. The minimum absolute atomic E-state index is 0.351. The van der Waals surface area contributed by atoms with Gasteiger partial charge in [-0.25, -0.2) is 0 Å². The molecule has 4 rings (SSSR count). The van der Waals surface area contributed by atoms with Crippen molar-refractivity contribution in [2.24, 2.45) is 28.7 Å². The van der Waals surface area contributed by atoms with Crippen LogP contribution in [0.2, 0.25) is 11.6 Å². The highest BCUT2D eigenvalue weighted by Gasteiger charge is 2.55. The maximum Gasteiger partial charge on any atom is 0.265 e. The van der Waals surface area contributed by atoms with Gasteiger partial charge >= 0.3 is 0 Å². The Labute approximate surface area is 168 Å². The highest BCUT2D eigenvalue weighted by atomic mass is 15.3. The molecule has 0 unspecified atom stereocenters. The molecule has 0 aliphatic heterocycles. The summed E-state index contributed by atoms with van der Waals surface area (Å²) in [5, 5.41) is 0. The van der Waals surface area contributed by atoms with Gasteiger partial charge < -0.3 is 9.71 Å². The lowest BCUT2D eigenvalue weighted by Crippen LogP contribution is -2.58. The molecule has 0 aromatic rings. The molecule has 0 amide bonds. The van der Waals surface area contributed by atoms with Crippen LogP contribution in [0.25, 0.3) is 0 Å².